The highest BCUT2D eigenvalue weighted by Crippen LogP contribution is 2.74. The molecule has 0 bridgehead atoms. The first-order valence-electron chi connectivity index (χ1n) is 24.0. The first-order chi connectivity index (χ1) is 31.3. The molecule has 8 aliphatic carbocycles. The van der Waals surface area contributed by atoms with E-state index < -0.39 is 146 Å². The van der Waals surface area contributed by atoms with Crippen LogP contribution in [0.1, 0.15) is 119 Å². The number of carbonyl (C=O) groups excluding carboxylic acids is 5. The van der Waals surface area contributed by atoms with Crippen LogP contribution in [-0.4, -0.2) is 116 Å². The zero-order valence-electron chi connectivity index (χ0n) is 39.3. The van der Waals surface area contributed by atoms with Gasteiger partial charge >= 0.3 is 5.97 Å². The van der Waals surface area contributed by atoms with Crippen LogP contribution < -0.4 is 0 Å². The highest BCUT2D eigenvalue weighted by Gasteiger charge is 2.81. The minimum absolute atomic E-state index is 0.0141. The minimum atomic E-state index is -2.30. The summed E-state index contributed by atoms with van der Waals surface area (Å²) in [5.41, 5.74) is -12.7. The quantitative estimate of drug-likeness (QED) is 0.163. The van der Waals surface area contributed by atoms with Crippen molar-refractivity contribution < 1.29 is 75.5 Å². The Bertz CT molecular complexity index is 2190. The fourth-order valence-corrected chi connectivity index (χ4v) is 16.8. The lowest BCUT2D eigenvalue weighted by atomic mass is 9.43. The van der Waals surface area contributed by atoms with Crippen molar-refractivity contribution in [3.63, 3.8) is 0 Å². The molecule has 0 aromatic heterocycles. The van der Waals surface area contributed by atoms with E-state index in [1.165, 1.54) is 25.2 Å². The highest BCUT2D eigenvalue weighted by molar-refractivity contribution is 8.13. The van der Waals surface area contributed by atoms with Gasteiger partial charge in [-0.15, -0.1) is 0 Å². The van der Waals surface area contributed by atoms with Crippen molar-refractivity contribution >= 4 is 40.2 Å². The Kier molecular flexibility index (Phi) is 12.8. The Morgan fingerprint density at radius 3 is 2.10 bits per heavy atom. The molecule has 11 nitrogen and oxygen atoms in total. The number of rotatable bonds is 8. The van der Waals surface area contributed by atoms with Crippen molar-refractivity contribution in [3.8, 4) is 0 Å². The molecule has 372 valence electrons. The number of thioether (sulfide) groups is 1. The summed E-state index contributed by atoms with van der Waals surface area (Å²) in [5, 5.41) is 32.0. The molecule has 6 saturated carbocycles. The van der Waals surface area contributed by atoms with Gasteiger partial charge in [0.15, 0.2) is 40.5 Å². The molecule has 9 aliphatic rings. The van der Waals surface area contributed by atoms with E-state index in [1.807, 2.05) is 6.92 Å². The number of aliphatic hydroxyl groups excluding tert-OH is 3. The fraction of sp³-hybridized carbons (Fsp3) is 0.780. The molecular weight excluding hydrogens is 904 g/mol. The Hall–Kier alpha value is -2.83. The normalized spacial score (nSPS) is 50.2. The predicted octanol–water partition coefficient (Wildman–Crippen LogP) is 7.41. The maximum absolute atomic E-state index is 17.2. The Balaban J connectivity index is 0.000000182. The number of aliphatic hydroxyl groups is 3. The number of ether oxygens (including phenoxy) is 3. The van der Waals surface area contributed by atoms with Gasteiger partial charge < -0.3 is 29.5 Å². The molecule has 19 atom stereocenters. The summed E-state index contributed by atoms with van der Waals surface area (Å²) >= 11 is 0.396. The largest absolute Gasteiger partial charge is 0.449 e. The van der Waals surface area contributed by atoms with Gasteiger partial charge in [-0.3, -0.25) is 24.0 Å². The van der Waals surface area contributed by atoms with E-state index in [0.29, 0.717) is 24.6 Å². The summed E-state index contributed by atoms with van der Waals surface area (Å²) in [6.07, 6.45) is -1.21. The average Bonchev–Trinajstić information content (AvgIpc) is 3.84. The molecule has 7 fully saturated rings. The van der Waals surface area contributed by atoms with Crippen LogP contribution in [0, 0.1) is 51.2 Å². The maximum atomic E-state index is 17.2. The van der Waals surface area contributed by atoms with Gasteiger partial charge in [0.05, 0.1) is 18.3 Å². The molecule has 9 rings (SSSR count). The number of Topliss-reactive ketones (excluding diaryl/α,β-unsaturated/α-hetero) is 1. The second-order valence-electron chi connectivity index (χ2n) is 21.8. The molecule has 0 aromatic rings. The van der Waals surface area contributed by atoms with E-state index in [2.05, 4.69) is 0 Å². The fourth-order valence-electron chi connectivity index (χ4n) is 16.0. The number of fused-ring (bicyclic) bond motifs is 12. The predicted molar refractivity (Wildman–Crippen MR) is 234 cm³/mol. The van der Waals surface area contributed by atoms with Gasteiger partial charge in [0.2, 0.25) is 5.12 Å². The van der Waals surface area contributed by atoms with Crippen molar-refractivity contribution in [2.45, 2.75) is 179 Å². The number of hydrogen-bond donors (Lipinski definition) is 3. The van der Waals surface area contributed by atoms with Crippen molar-refractivity contribution in [1.29, 1.82) is 0 Å². The SMILES string of the molecule is CCC(=O)O[C@]1(C(=O)SCF)[C@H](C)C[C@H]2C3C[C@H](F)C4=CC(=O)C=C[C@]4(C)[C@@]3(F)[C@@H](O)C[C@@]21C.CCC[C@@H]1O[C@@H]2C[C@H]3[C@@H]4C[C@H](F)C5=CC(=O)CC[C@]5(C)[C@@]4(F)[C@@H](O)C[C@]3(C)[C@]2(C(=O)CO)O1. The van der Waals surface area contributed by atoms with Gasteiger partial charge in [0, 0.05) is 52.3 Å². The van der Waals surface area contributed by atoms with E-state index in [-0.39, 0.29) is 68.3 Å². The van der Waals surface area contributed by atoms with E-state index in [0.717, 1.165) is 12.5 Å². The standard InChI is InChI=1S/C25H31F3O5S.C25H34F2O6/c1-5-20(31)33-25(21(32)34-12-26)13(2)8-15-16-10-18(27)17-9-14(29)6-7-22(17,3)24(16,28)19(30)11-23(15,25)4;1-4-5-21-32-20-10-14-15-9-17(26)16-8-13(29)6-7-22(16,2)24(15,27)18(30)11-23(14,3)25(20,33-21)19(31)12-28/h6-7,9,13,15-16,18-19,30H,5,8,10-12H2,1-4H3;8,14-15,17-18,20-21,28,30H,4-7,9-12H2,1-3H3/t13-,15+,16?,18+,19+,22+,23+,24+,25+;14-,15-,17-,18-,20+,21+,22-,23-,24-,25+/m10/s1. The summed E-state index contributed by atoms with van der Waals surface area (Å²) in [7, 11) is 0. The van der Waals surface area contributed by atoms with Crippen molar-refractivity contribution in [2.24, 2.45) is 51.2 Å². The number of hydrogen-bond acceptors (Lipinski definition) is 12. The third kappa shape index (κ3) is 6.47. The second kappa shape index (κ2) is 16.9. The number of allylic oxidation sites excluding steroid dienone is 5. The van der Waals surface area contributed by atoms with Crippen LogP contribution in [-0.2, 0) is 38.2 Å². The van der Waals surface area contributed by atoms with Crippen molar-refractivity contribution in [2.75, 3.05) is 12.6 Å². The minimum Gasteiger partial charge on any atom is -0.449 e. The van der Waals surface area contributed by atoms with E-state index in [4.69, 9.17) is 14.2 Å². The molecule has 0 amide bonds. The summed E-state index contributed by atoms with van der Waals surface area (Å²) in [6.45, 7) is 11.1. The van der Waals surface area contributed by atoms with Gasteiger partial charge in [-0.25, -0.2) is 22.0 Å². The van der Waals surface area contributed by atoms with E-state index >= 15 is 17.6 Å². The summed E-state index contributed by atoms with van der Waals surface area (Å²) in [6, 6.07) is -1.02. The second-order valence-corrected chi connectivity index (χ2v) is 22.7. The molecular formula is C50H65F5O11S. The van der Waals surface area contributed by atoms with Crippen molar-refractivity contribution in [1.82, 2.24) is 0 Å². The molecule has 0 spiro atoms. The molecule has 1 aliphatic heterocycles. The zero-order valence-corrected chi connectivity index (χ0v) is 40.1. The van der Waals surface area contributed by atoms with Crippen LogP contribution in [0.5, 0.6) is 0 Å². The van der Waals surface area contributed by atoms with Crippen LogP contribution in [0.15, 0.2) is 35.5 Å². The number of carbonyl (C=O) groups is 5. The van der Waals surface area contributed by atoms with Crippen LogP contribution in [0.2, 0.25) is 0 Å². The third-order valence-electron chi connectivity index (χ3n) is 19.1. The Morgan fingerprint density at radius 1 is 0.866 bits per heavy atom. The molecule has 1 saturated heterocycles. The summed E-state index contributed by atoms with van der Waals surface area (Å²) in [4.78, 5) is 63.0. The molecule has 1 heterocycles. The van der Waals surface area contributed by atoms with Gasteiger partial charge in [0.25, 0.3) is 0 Å². The molecule has 17 heteroatoms. The lowest BCUT2D eigenvalue weighted by Gasteiger charge is -2.64. The van der Waals surface area contributed by atoms with Gasteiger partial charge in [0.1, 0.15) is 30.6 Å². The molecule has 3 N–H and O–H groups in total. The van der Waals surface area contributed by atoms with E-state index in [1.54, 1.807) is 34.6 Å². The molecule has 1 unspecified atom stereocenters. The number of esters is 1. The van der Waals surface area contributed by atoms with Gasteiger partial charge in [-0.2, -0.15) is 0 Å². The van der Waals surface area contributed by atoms with Crippen LogP contribution in [0.25, 0.3) is 0 Å². The number of halogens is 5. The smallest absolute Gasteiger partial charge is 0.306 e. The van der Waals surface area contributed by atoms with Crippen LogP contribution in [0.4, 0.5) is 22.0 Å². The Morgan fingerprint density at radius 2 is 1.48 bits per heavy atom. The highest BCUT2D eigenvalue weighted by atomic mass is 32.2. The van der Waals surface area contributed by atoms with Gasteiger partial charge in [-0.05, 0) is 111 Å². The Labute approximate surface area is 392 Å². The lowest BCUT2D eigenvalue weighted by Crippen LogP contribution is -2.71. The van der Waals surface area contributed by atoms with Gasteiger partial charge in [-0.1, -0.05) is 54.0 Å². The first kappa shape index (κ1) is 50.6. The number of ketones is 3. The topological polar surface area (TPSA) is 174 Å². The molecule has 67 heavy (non-hydrogen) atoms. The average molecular weight is 969 g/mol. The maximum Gasteiger partial charge on any atom is 0.306 e. The zero-order chi connectivity index (χ0) is 49.2. The van der Waals surface area contributed by atoms with Crippen LogP contribution >= 0.6 is 11.8 Å². The summed E-state index contributed by atoms with van der Waals surface area (Å²) < 4.78 is 97.0. The van der Waals surface area contributed by atoms with E-state index in [9.17, 15) is 43.7 Å². The third-order valence-corrected chi connectivity index (χ3v) is 19.8. The van der Waals surface area contributed by atoms with Crippen LogP contribution in [0.3, 0.4) is 0 Å². The summed E-state index contributed by atoms with van der Waals surface area (Å²) in [5.74, 6) is -5.40. The molecule has 0 radical (unpaired) electrons. The first-order valence-corrected chi connectivity index (χ1v) is 25.0. The monoisotopic (exact) mass is 968 g/mol. The van der Waals surface area contributed by atoms with Crippen molar-refractivity contribution in [3.05, 3.63) is 35.5 Å². The lowest BCUT2D eigenvalue weighted by molar-refractivity contribution is -0.242. The number of alkyl halides is 5. The molecule has 0 aromatic carbocycles.